The Kier molecular flexibility index (Phi) is 6.17. The lowest BCUT2D eigenvalue weighted by Gasteiger charge is -2.53. The molecule has 7 heteroatoms. The third-order valence-electron chi connectivity index (χ3n) is 8.25. The molecule has 1 aliphatic heterocycles. The van der Waals surface area contributed by atoms with E-state index >= 15 is 0 Å². The van der Waals surface area contributed by atoms with Crippen molar-refractivity contribution >= 4 is 33.8 Å². The summed E-state index contributed by atoms with van der Waals surface area (Å²) in [6.45, 7) is 5.58. The van der Waals surface area contributed by atoms with Crippen LogP contribution >= 0.6 is 15.9 Å². The number of ether oxygens (including phenoxy) is 1. The summed E-state index contributed by atoms with van der Waals surface area (Å²) in [6, 6.07) is 8.52. The fraction of sp³-hybridized carbons (Fsp3) is 0.654. The summed E-state index contributed by atoms with van der Waals surface area (Å²) in [5.41, 5.74) is -1.26. The molecule has 1 atom stereocenters. The number of carbonyl (C=O) groups is 3. The first-order chi connectivity index (χ1) is 15.4. The zero-order valence-corrected chi connectivity index (χ0v) is 21.4. The highest BCUT2D eigenvalue weighted by Crippen LogP contribution is 2.59. The number of carboxylic acids is 1. The molecule has 180 valence electrons. The van der Waals surface area contributed by atoms with Gasteiger partial charge in [-0.25, -0.2) is 9.59 Å². The molecule has 1 heterocycles. The molecule has 1 aromatic rings. The summed E-state index contributed by atoms with van der Waals surface area (Å²) >= 11 is 3.51. The van der Waals surface area contributed by atoms with E-state index in [9.17, 15) is 19.5 Å². The van der Waals surface area contributed by atoms with Gasteiger partial charge in [0.15, 0.2) is 5.54 Å². The number of carboxylic acid groups (broad SMARTS) is 1. The number of halogens is 1. The second-order valence-electron chi connectivity index (χ2n) is 11.2. The second kappa shape index (κ2) is 8.40. The molecule has 0 unspecified atom stereocenters. The maximum Gasteiger partial charge on any atom is 0.411 e. The van der Waals surface area contributed by atoms with Crippen LogP contribution in [0.2, 0.25) is 0 Å². The van der Waals surface area contributed by atoms with Gasteiger partial charge in [0.25, 0.3) is 0 Å². The number of amides is 1. The van der Waals surface area contributed by atoms with E-state index < -0.39 is 28.6 Å². The number of nitrogens with zero attached hydrogens (tertiary/aromatic N) is 1. The quantitative estimate of drug-likeness (QED) is 0.526. The smallest absolute Gasteiger partial charge is 0.411 e. The first kappa shape index (κ1) is 24.2. The molecule has 2 bridgehead atoms. The van der Waals surface area contributed by atoms with Crippen molar-refractivity contribution in [2.45, 2.75) is 95.1 Å². The minimum atomic E-state index is -1.51. The second-order valence-corrected chi connectivity index (χ2v) is 12.2. The minimum Gasteiger partial charge on any atom is -0.479 e. The molecular formula is C26H34BrNO5. The predicted molar refractivity (Wildman–Crippen MR) is 128 cm³/mol. The van der Waals surface area contributed by atoms with E-state index in [1.54, 1.807) is 20.8 Å². The molecule has 1 aromatic carbocycles. The Bertz CT molecular complexity index is 926. The maximum absolute atomic E-state index is 13.7. The molecular weight excluding hydrogens is 486 g/mol. The third-order valence-corrected chi connectivity index (χ3v) is 8.78. The van der Waals surface area contributed by atoms with E-state index in [4.69, 9.17) is 4.74 Å². The van der Waals surface area contributed by atoms with Gasteiger partial charge in [0.2, 0.25) is 0 Å². The molecule has 1 amide bonds. The number of rotatable bonds is 5. The minimum absolute atomic E-state index is 0.00413. The molecule has 5 rings (SSSR count). The molecule has 0 spiro atoms. The van der Waals surface area contributed by atoms with Crippen molar-refractivity contribution in [1.82, 2.24) is 4.90 Å². The number of benzene rings is 1. The van der Waals surface area contributed by atoms with Crippen LogP contribution in [0.4, 0.5) is 4.79 Å². The molecule has 4 fully saturated rings. The molecule has 3 aliphatic carbocycles. The summed E-state index contributed by atoms with van der Waals surface area (Å²) in [6.07, 6.45) is 5.23. The normalized spacial score (nSPS) is 31.5. The SMILES string of the molecule is CC(C)(C)OC(=O)N1CCC[C@@]1(CC(=O)C12CCC(c3ccc(Br)cc3)(CC1)CC2)C(=O)O. The summed E-state index contributed by atoms with van der Waals surface area (Å²) in [7, 11) is 0. The van der Waals surface area contributed by atoms with Gasteiger partial charge in [-0.05, 0) is 95.2 Å². The number of hydrogen-bond acceptors (Lipinski definition) is 4. The highest BCUT2D eigenvalue weighted by atomic mass is 79.9. The fourth-order valence-corrected chi connectivity index (χ4v) is 6.50. The Morgan fingerprint density at radius 2 is 1.58 bits per heavy atom. The Morgan fingerprint density at radius 3 is 2.09 bits per heavy atom. The third kappa shape index (κ3) is 4.33. The highest BCUT2D eigenvalue weighted by Gasteiger charge is 2.58. The van der Waals surface area contributed by atoms with Gasteiger partial charge in [-0.3, -0.25) is 9.69 Å². The average Bonchev–Trinajstić information content (AvgIpc) is 3.19. The van der Waals surface area contributed by atoms with Gasteiger partial charge in [0, 0.05) is 22.9 Å². The van der Waals surface area contributed by atoms with Gasteiger partial charge in [-0.1, -0.05) is 28.1 Å². The monoisotopic (exact) mass is 519 g/mol. The summed E-state index contributed by atoms with van der Waals surface area (Å²) in [5.74, 6) is -1.10. The lowest BCUT2D eigenvalue weighted by atomic mass is 9.50. The van der Waals surface area contributed by atoms with Gasteiger partial charge in [0.1, 0.15) is 11.4 Å². The number of ketones is 1. The standard InChI is InChI=1S/C26H34BrNO5/c1-23(2,3)33-22(32)28-16-4-9-26(28,21(30)31)17-20(29)25-13-10-24(11-14-25,12-15-25)18-5-7-19(27)8-6-18/h5-8H,4,9-17H2,1-3H3,(H,30,31)/t24?,25?,26-/m1/s1. The van der Waals surface area contributed by atoms with Gasteiger partial charge in [-0.2, -0.15) is 0 Å². The fourth-order valence-electron chi connectivity index (χ4n) is 6.24. The van der Waals surface area contributed by atoms with Gasteiger partial charge >= 0.3 is 12.1 Å². The van der Waals surface area contributed by atoms with Crippen LogP contribution in [0.3, 0.4) is 0 Å². The molecule has 3 saturated carbocycles. The summed E-state index contributed by atoms with van der Waals surface area (Å²) in [4.78, 5) is 40.4. The molecule has 1 saturated heterocycles. The summed E-state index contributed by atoms with van der Waals surface area (Å²) in [5, 5.41) is 10.2. The number of aliphatic carboxylic acids is 1. The zero-order chi connectivity index (χ0) is 24.1. The number of hydrogen-bond donors (Lipinski definition) is 1. The lowest BCUT2D eigenvalue weighted by molar-refractivity contribution is -0.155. The number of likely N-dealkylation sites (tertiary alicyclic amines) is 1. The topological polar surface area (TPSA) is 83.9 Å². The van der Waals surface area contributed by atoms with E-state index in [1.807, 2.05) is 0 Å². The van der Waals surface area contributed by atoms with Crippen LogP contribution in [0.1, 0.15) is 84.1 Å². The Balaban J connectivity index is 1.52. The number of carbonyl (C=O) groups excluding carboxylic acids is 2. The Morgan fingerprint density at radius 1 is 1.00 bits per heavy atom. The maximum atomic E-state index is 13.7. The lowest BCUT2D eigenvalue weighted by Crippen LogP contribution is -2.57. The van der Waals surface area contributed by atoms with Gasteiger partial charge in [0.05, 0.1) is 0 Å². The van der Waals surface area contributed by atoms with Gasteiger partial charge < -0.3 is 9.84 Å². The molecule has 4 aliphatic rings. The predicted octanol–water partition coefficient (Wildman–Crippen LogP) is 5.85. The molecule has 0 aromatic heterocycles. The van der Waals surface area contributed by atoms with Crippen molar-refractivity contribution in [3.63, 3.8) is 0 Å². The Hall–Kier alpha value is -1.89. The van der Waals surface area contributed by atoms with Crippen molar-refractivity contribution in [2.24, 2.45) is 5.41 Å². The van der Waals surface area contributed by atoms with Gasteiger partial charge in [-0.15, -0.1) is 0 Å². The molecule has 6 nitrogen and oxygen atoms in total. The van der Waals surface area contributed by atoms with Crippen molar-refractivity contribution in [1.29, 1.82) is 0 Å². The van der Waals surface area contributed by atoms with E-state index in [1.165, 1.54) is 10.5 Å². The van der Waals surface area contributed by atoms with E-state index in [0.717, 1.165) is 43.0 Å². The van der Waals surface area contributed by atoms with Crippen LogP contribution < -0.4 is 0 Å². The van der Waals surface area contributed by atoms with Crippen LogP contribution in [-0.2, 0) is 19.7 Å². The number of fused-ring (bicyclic) bond motifs is 3. The molecule has 1 N–H and O–H groups in total. The summed E-state index contributed by atoms with van der Waals surface area (Å²) < 4.78 is 6.55. The highest BCUT2D eigenvalue weighted by molar-refractivity contribution is 9.10. The first-order valence-electron chi connectivity index (χ1n) is 11.9. The number of Topliss-reactive ketones (excluding diaryl/α,β-unsaturated/α-hetero) is 1. The van der Waals surface area contributed by atoms with Crippen LogP contribution in [0, 0.1) is 5.41 Å². The molecule has 0 radical (unpaired) electrons. The van der Waals surface area contributed by atoms with Crippen molar-refractivity contribution in [3.05, 3.63) is 34.3 Å². The van der Waals surface area contributed by atoms with E-state index in [0.29, 0.717) is 13.0 Å². The first-order valence-corrected chi connectivity index (χ1v) is 12.7. The van der Waals surface area contributed by atoms with Crippen LogP contribution in [-0.4, -0.2) is 45.5 Å². The largest absolute Gasteiger partial charge is 0.479 e. The average molecular weight is 520 g/mol. The van der Waals surface area contributed by atoms with Crippen LogP contribution in [0.5, 0.6) is 0 Å². The van der Waals surface area contributed by atoms with Crippen LogP contribution in [0.25, 0.3) is 0 Å². The van der Waals surface area contributed by atoms with Crippen LogP contribution in [0.15, 0.2) is 28.7 Å². The molecule has 33 heavy (non-hydrogen) atoms. The zero-order valence-electron chi connectivity index (χ0n) is 19.8. The van der Waals surface area contributed by atoms with Crippen molar-refractivity contribution in [2.75, 3.05) is 6.54 Å². The van der Waals surface area contributed by atoms with E-state index in [-0.39, 0.29) is 24.0 Å². The van der Waals surface area contributed by atoms with E-state index in [2.05, 4.69) is 40.2 Å². The van der Waals surface area contributed by atoms with Crippen molar-refractivity contribution < 1.29 is 24.2 Å². The Labute approximate surface area is 204 Å². The van der Waals surface area contributed by atoms with Crippen molar-refractivity contribution in [3.8, 4) is 0 Å².